The fraction of sp³-hybridized carbons (Fsp3) is 0.381. The van der Waals surface area contributed by atoms with Crippen LogP contribution in [0.5, 0.6) is 0 Å². The highest BCUT2D eigenvalue weighted by atomic mass is 35.5. The fourth-order valence-electron chi connectivity index (χ4n) is 4.10. The summed E-state index contributed by atoms with van der Waals surface area (Å²) in [6, 6.07) is 7.88. The maximum atomic E-state index is 13.2. The predicted octanol–water partition coefficient (Wildman–Crippen LogP) is 4.22. The van der Waals surface area contributed by atoms with Crippen molar-refractivity contribution >= 4 is 35.1 Å². The van der Waals surface area contributed by atoms with Gasteiger partial charge in [0.2, 0.25) is 0 Å². The number of nitrogens with zero attached hydrogens (tertiary/aromatic N) is 2. The summed E-state index contributed by atoms with van der Waals surface area (Å²) in [7, 11) is 0. The smallest absolute Gasteiger partial charge is 0.259 e. The van der Waals surface area contributed by atoms with E-state index in [1.165, 1.54) is 11.1 Å². The monoisotopic (exact) mass is 398 g/mol. The largest absolute Gasteiger partial charge is 0.399 e. The van der Waals surface area contributed by atoms with E-state index < -0.39 is 0 Å². The predicted molar refractivity (Wildman–Crippen MR) is 110 cm³/mol. The van der Waals surface area contributed by atoms with Gasteiger partial charge in [0.15, 0.2) is 0 Å². The third kappa shape index (κ3) is 3.22. The van der Waals surface area contributed by atoms with Crippen molar-refractivity contribution in [1.29, 1.82) is 0 Å². The number of aryl methyl sites for hydroxylation is 2. The highest BCUT2D eigenvalue weighted by Crippen LogP contribution is 2.40. The summed E-state index contributed by atoms with van der Waals surface area (Å²) < 4.78 is 5.36. The van der Waals surface area contributed by atoms with Gasteiger partial charge in [0.25, 0.3) is 11.6 Å². The van der Waals surface area contributed by atoms with Crippen LogP contribution in [0.4, 0.5) is 5.69 Å². The zero-order valence-corrected chi connectivity index (χ0v) is 16.5. The van der Waals surface area contributed by atoms with Crippen LogP contribution in [0.25, 0.3) is 11.1 Å². The van der Waals surface area contributed by atoms with Crippen LogP contribution < -0.4 is 11.1 Å². The molecule has 2 aromatic heterocycles. The van der Waals surface area contributed by atoms with Crippen LogP contribution in [0.3, 0.4) is 0 Å². The lowest BCUT2D eigenvalue weighted by Crippen LogP contribution is -2.31. The minimum Gasteiger partial charge on any atom is -0.399 e. The van der Waals surface area contributed by atoms with Crippen LogP contribution in [0.15, 0.2) is 28.8 Å². The van der Waals surface area contributed by atoms with Gasteiger partial charge in [0, 0.05) is 17.3 Å². The molecule has 0 radical (unpaired) electrons. The maximum Gasteiger partial charge on any atom is 0.259 e. The van der Waals surface area contributed by atoms with E-state index in [0.717, 1.165) is 43.5 Å². The van der Waals surface area contributed by atoms with Crippen LogP contribution in [0.2, 0.25) is 0 Å². The molecule has 2 heterocycles. The van der Waals surface area contributed by atoms with E-state index in [9.17, 15) is 4.79 Å². The van der Waals surface area contributed by atoms with Crippen molar-refractivity contribution < 1.29 is 9.32 Å². The second-order valence-electron chi connectivity index (χ2n) is 7.69. The topological polar surface area (TPSA) is 94.0 Å². The molecule has 3 N–H and O–H groups in total. The molecule has 1 unspecified atom stereocenters. The molecule has 1 fully saturated rings. The summed E-state index contributed by atoms with van der Waals surface area (Å²) >= 11 is 0. The van der Waals surface area contributed by atoms with Gasteiger partial charge in [-0.05, 0) is 68.4 Å². The summed E-state index contributed by atoms with van der Waals surface area (Å²) in [4.78, 5) is 17.8. The fourth-order valence-corrected chi connectivity index (χ4v) is 4.10. The second kappa shape index (κ2) is 7.09. The van der Waals surface area contributed by atoms with Crippen molar-refractivity contribution in [2.45, 2.75) is 51.0 Å². The molecule has 1 atom stereocenters. The summed E-state index contributed by atoms with van der Waals surface area (Å²) in [5.41, 5.74) is 11.8. The number of halogens is 1. The average Bonchev–Trinajstić information content (AvgIpc) is 3.44. The maximum absolute atomic E-state index is 13.2. The number of hydrogen-bond donors (Lipinski definition) is 2. The number of fused-ring (bicyclic) bond motifs is 2. The Labute approximate surface area is 169 Å². The molecule has 3 aromatic rings. The number of rotatable bonds is 3. The van der Waals surface area contributed by atoms with Gasteiger partial charge in [-0.15, -0.1) is 12.4 Å². The minimum atomic E-state index is -0.0923. The summed E-state index contributed by atoms with van der Waals surface area (Å²) in [6.07, 6.45) is 5.19. The molecule has 146 valence electrons. The zero-order valence-electron chi connectivity index (χ0n) is 15.7. The number of nitrogens with two attached hydrogens (primary N) is 1. The Morgan fingerprint density at radius 3 is 2.86 bits per heavy atom. The van der Waals surface area contributed by atoms with Crippen LogP contribution in [-0.4, -0.2) is 16.0 Å². The first kappa shape index (κ1) is 18.7. The number of aromatic nitrogens is 2. The molecule has 0 bridgehead atoms. The van der Waals surface area contributed by atoms with Crippen LogP contribution >= 0.6 is 12.4 Å². The van der Waals surface area contributed by atoms with Crippen LogP contribution in [0, 0.1) is 6.92 Å². The zero-order chi connectivity index (χ0) is 18.5. The number of pyridine rings is 1. The van der Waals surface area contributed by atoms with E-state index in [4.69, 9.17) is 10.3 Å². The summed E-state index contributed by atoms with van der Waals surface area (Å²) in [5, 5.41) is 7.96. The number of hydrogen-bond acceptors (Lipinski definition) is 5. The number of benzene rings is 1. The van der Waals surface area contributed by atoms with Crippen molar-refractivity contribution in [2.24, 2.45) is 0 Å². The molecule has 1 saturated carbocycles. The first-order valence-corrected chi connectivity index (χ1v) is 9.56. The molecular weight excluding hydrogens is 376 g/mol. The minimum absolute atomic E-state index is 0. The molecule has 0 aliphatic heterocycles. The van der Waals surface area contributed by atoms with Gasteiger partial charge in [-0.1, -0.05) is 11.2 Å². The Hall–Kier alpha value is -2.60. The lowest BCUT2D eigenvalue weighted by Gasteiger charge is -2.27. The van der Waals surface area contributed by atoms with E-state index in [-0.39, 0.29) is 24.4 Å². The standard InChI is InChI=1S/C21H22N4O2.ClH/c1-11-19-16(10-18(12-5-6-12)24-21(19)27-25-11)20(26)23-17-4-2-3-13-9-14(22)7-8-15(13)17;/h7-10,12,17H,2-6,22H2,1H3,(H,23,26);1H. The van der Waals surface area contributed by atoms with E-state index in [2.05, 4.69) is 15.5 Å². The van der Waals surface area contributed by atoms with Gasteiger partial charge < -0.3 is 15.6 Å². The van der Waals surface area contributed by atoms with Crippen molar-refractivity contribution in [3.63, 3.8) is 0 Å². The van der Waals surface area contributed by atoms with Crippen molar-refractivity contribution in [1.82, 2.24) is 15.5 Å². The van der Waals surface area contributed by atoms with Gasteiger partial charge >= 0.3 is 0 Å². The highest BCUT2D eigenvalue weighted by Gasteiger charge is 2.30. The van der Waals surface area contributed by atoms with Gasteiger partial charge in [-0.2, -0.15) is 0 Å². The molecule has 5 rings (SSSR count). The number of nitrogen functional groups attached to an aromatic ring is 1. The Bertz CT molecular complexity index is 1060. The van der Waals surface area contributed by atoms with E-state index >= 15 is 0 Å². The lowest BCUT2D eigenvalue weighted by atomic mass is 9.87. The number of anilines is 1. The lowest BCUT2D eigenvalue weighted by molar-refractivity contribution is 0.0934. The molecule has 1 aromatic carbocycles. The van der Waals surface area contributed by atoms with Gasteiger partial charge in [0.05, 0.1) is 22.7 Å². The molecule has 7 heteroatoms. The van der Waals surface area contributed by atoms with Gasteiger partial charge in [0.1, 0.15) is 0 Å². The molecule has 2 aliphatic carbocycles. The van der Waals surface area contributed by atoms with Crippen molar-refractivity contribution in [3.05, 3.63) is 52.3 Å². The molecule has 0 saturated heterocycles. The highest BCUT2D eigenvalue weighted by molar-refractivity contribution is 6.06. The third-order valence-electron chi connectivity index (χ3n) is 5.66. The van der Waals surface area contributed by atoms with Crippen molar-refractivity contribution in [3.8, 4) is 0 Å². The molecule has 28 heavy (non-hydrogen) atoms. The van der Waals surface area contributed by atoms with Gasteiger partial charge in [-0.3, -0.25) is 4.79 Å². The van der Waals surface area contributed by atoms with E-state index in [1.807, 2.05) is 31.2 Å². The number of carbonyl (C=O) groups excluding carboxylic acids is 1. The Balaban J connectivity index is 0.00000192. The Kier molecular flexibility index (Phi) is 4.75. The first-order valence-electron chi connectivity index (χ1n) is 9.56. The number of amides is 1. The summed E-state index contributed by atoms with van der Waals surface area (Å²) in [5.74, 6) is 0.343. The molecule has 6 nitrogen and oxygen atoms in total. The van der Waals surface area contributed by atoms with Crippen LogP contribution in [0.1, 0.15) is 70.5 Å². The summed E-state index contributed by atoms with van der Waals surface area (Å²) in [6.45, 7) is 1.85. The van der Waals surface area contributed by atoms with Crippen molar-refractivity contribution in [2.75, 3.05) is 5.73 Å². The molecule has 1 amide bonds. The van der Waals surface area contributed by atoms with Crippen LogP contribution in [-0.2, 0) is 6.42 Å². The SMILES string of the molecule is Cc1noc2nc(C3CC3)cc(C(=O)NC3CCCc4cc(N)ccc43)c12.Cl. The number of carbonyl (C=O) groups is 1. The Morgan fingerprint density at radius 2 is 2.07 bits per heavy atom. The average molecular weight is 399 g/mol. The first-order chi connectivity index (χ1) is 13.1. The van der Waals surface area contributed by atoms with E-state index in [1.54, 1.807) is 0 Å². The van der Waals surface area contributed by atoms with Gasteiger partial charge in [-0.25, -0.2) is 4.98 Å². The molecule has 0 spiro atoms. The second-order valence-corrected chi connectivity index (χ2v) is 7.69. The molecular formula is C21H23ClN4O2. The quantitative estimate of drug-likeness (QED) is 0.644. The Morgan fingerprint density at radius 1 is 1.25 bits per heavy atom. The molecule has 2 aliphatic rings. The normalized spacial score (nSPS) is 18.4. The third-order valence-corrected chi connectivity index (χ3v) is 5.66. The van der Waals surface area contributed by atoms with E-state index in [0.29, 0.717) is 28.3 Å². The number of nitrogens with one attached hydrogen (secondary N) is 1.